The lowest BCUT2D eigenvalue weighted by Crippen LogP contribution is -2.08. The summed E-state index contributed by atoms with van der Waals surface area (Å²) in [4.78, 5) is 5.60. The number of aromatic nitrogens is 2. The zero-order valence-electron chi connectivity index (χ0n) is 9.27. The van der Waals surface area contributed by atoms with Crippen LogP contribution in [0, 0.1) is 0 Å². The fraction of sp³-hybridized carbons (Fsp3) is 0.364. The van der Waals surface area contributed by atoms with Gasteiger partial charge in [0.1, 0.15) is 0 Å². The number of hydrogen-bond donors (Lipinski definition) is 1. The van der Waals surface area contributed by atoms with Gasteiger partial charge >= 0.3 is 0 Å². The third kappa shape index (κ3) is 2.65. The minimum atomic E-state index is 0.431. The van der Waals surface area contributed by atoms with Crippen LogP contribution in [-0.4, -0.2) is 9.55 Å². The van der Waals surface area contributed by atoms with Gasteiger partial charge in [-0.05, 0) is 41.9 Å². The molecule has 2 rings (SSSR count). The Morgan fingerprint density at radius 1 is 1.50 bits per heavy atom. The Labute approximate surface area is 108 Å². The largest absolute Gasteiger partial charge is 0.351 e. The third-order valence-electron chi connectivity index (χ3n) is 2.27. The molecule has 0 aliphatic heterocycles. The lowest BCUT2D eigenvalue weighted by molar-refractivity contribution is 0.605. The van der Waals surface area contributed by atoms with Crippen LogP contribution < -0.4 is 5.32 Å². The predicted octanol–water partition coefficient (Wildman–Crippen LogP) is 3.90. The van der Waals surface area contributed by atoms with Crippen molar-refractivity contribution >= 4 is 33.2 Å². The monoisotopic (exact) mass is 299 g/mol. The Kier molecular flexibility index (Phi) is 3.66. The fourth-order valence-electron chi connectivity index (χ4n) is 1.48. The molecule has 0 saturated heterocycles. The molecule has 0 bridgehead atoms. The summed E-state index contributed by atoms with van der Waals surface area (Å²) >= 11 is 5.20. The predicted molar refractivity (Wildman–Crippen MR) is 72.0 cm³/mol. The Hall–Kier alpha value is -0.810. The van der Waals surface area contributed by atoms with E-state index in [1.165, 1.54) is 4.88 Å². The first-order valence-corrected chi connectivity index (χ1v) is 6.78. The number of nitrogens with zero attached hydrogens (tertiary/aromatic N) is 2. The molecule has 3 nitrogen and oxygen atoms in total. The van der Waals surface area contributed by atoms with Gasteiger partial charge in [-0.3, -0.25) is 0 Å². The molecule has 0 unspecified atom stereocenters. The van der Waals surface area contributed by atoms with Crippen LogP contribution in [0.2, 0.25) is 0 Å². The maximum Gasteiger partial charge on any atom is 0.203 e. The maximum atomic E-state index is 4.30. The third-order valence-corrected chi connectivity index (χ3v) is 3.90. The standard InChI is InChI=1S/C11H14BrN3S/c1-8(2)15-6-5-13-11(15)14-7-9-3-4-10(12)16-9/h3-6,8H,7H2,1-2H3,(H,13,14). The number of hydrogen-bond acceptors (Lipinski definition) is 3. The molecular weight excluding hydrogens is 286 g/mol. The molecule has 5 heteroatoms. The summed E-state index contributed by atoms with van der Waals surface area (Å²) in [5, 5.41) is 3.35. The molecule has 0 fully saturated rings. The molecule has 0 amide bonds. The molecule has 0 spiro atoms. The van der Waals surface area contributed by atoms with Crippen LogP contribution in [0.4, 0.5) is 5.95 Å². The molecule has 86 valence electrons. The van der Waals surface area contributed by atoms with Gasteiger partial charge in [0, 0.05) is 23.3 Å². The lowest BCUT2D eigenvalue weighted by atomic mass is 10.4. The van der Waals surface area contributed by atoms with E-state index in [1.54, 1.807) is 11.3 Å². The van der Waals surface area contributed by atoms with E-state index < -0.39 is 0 Å². The van der Waals surface area contributed by atoms with Crippen molar-refractivity contribution in [3.8, 4) is 0 Å². The van der Waals surface area contributed by atoms with Crippen molar-refractivity contribution in [3.05, 3.63) is 33.2 Å². The molecule has 2 heterocycles. The van der Waals surface area contributed by atoms with Gasteiger partial charge in [0.25, 0.3) is 0 Å². The van der Waals surface area contributed by atoms with Crippen LogP contribution >= 0.6 is 27.3 Å². The van der Waals surface area contributed by atoms with E-state index in [0.29, 0.717) is 6.04 Å². The Bertz CT molecular complexity index is 461. The SMILES string of the molecule is CC(C)n1ccnc1NCc1ccc(Br)s1. The Morgan fingerprint density at radius 2 is 2.31 bits per heavy atom. The summed E-state index contributed by atoms with van der Waals surface area (Å²) in [5.74, 6) is 0.930. The number of anilines is 1. The van der Waals surface area contributed by atoms with E-state index in [9.17, 15) is 0 Å². The first kappa shape index (κ1) is 11.7. The second kappa shape index (κ2) is 5.01. The van der Waals surface area contributed by atoms with Gasteiger partial charge in [0.05, 0.1) is 10.3 Å². The molecule has 1 N–H and O–H groups in total. The van der Waals surface area contributed by atoms with Crippen molar-refractivity contribution in [3.63, 3.8) is 0 Å². The summed E-state index contributed by atoms with van der Waals surface area (Å²) in [6, 6.07) is 4.61. The zero-order valence-corrected chi connectivity index (χ0v) is 11.7. The molecule has 2 aromatic heterocycles. The molecule has 2 aromatic rings. The van der Waals surface area contributed by atoms with Gasteiger partial charge in [-0.25, -0.2) is 4.98 Å². The van der Waals surface area contributed by atoms with Gasteiger partial charge < -0.3 is 9.88 Å². The minimum Gasteiger partial charge on any atom is -0.351 e. The number of halogens is 1. The minimum absolute atomic E-state index is 0.431. The number of rotatable bonds is 4. The molecular formula is C11H14BrN3S. The first-order valence-electron chi connectivity index (χ1n) is 5.17. The van der Waals surface area contributed by atoms with Gasteiger partial charge in [-0.15, -0.1) is 11.3 Å². The van der Waals surface area contributed by atoms with Crippen molar-refractivity contribution in [2.75, 3.05) is 5.32 Å². The van der Waals surface area contributed by atoms with E-state index in [2.05, 4.69) is 56.8 Å². The summed E-state index contributed by atoms with van der Waals surface area (Å²) < 4.78 is 3.29. The van der Waals surface area contributed by atoms with Crippen LogP contribution in [-0.2, 0) is 6.54 Å². The zero-order chi connectivity index (χ0) is 11.5. The first-order chi connectivity index (χ1) is 7.66. The van der Waals surface area contributed by atoms with E-state index in [-0.39, 0.29) is 0 Å². The van der Waals surface area contributed by atoms with Crippen LogP contribution in [0.5, 0.6) is 0 Å². The molecule has 0 saturated carbocycles. The van der Waals surface area contributed by atoms with E-state index in [1.807, 2.05) is 12.4 Å². The summed E-state index contributed by atoms with van der Waals surface area (Å²) in [6.07, 6.45) is 3.82. The highest BCUT2D eigenvalue weighted by atomic mass is 79.9. The molecule has 0 atom stereocenters. The Morgan fingerprint density at radius 3 is 2.94 bits per heavy atom. The average Bonchev–Trinajstić information content (AvgIpc) is 2.83. The van der Waals surface area contributed by atoms with Crippen LogP contribution in [0.1, 0.15) is 24.8 Å². The molecule has 0 aliphatic carbocycles. The smallest absolute Gasteiger partial charge is 0.203 e. The summed E-state index contributed by atoms with van der Waals surface area (Å²) in [7, 11) is 0. The van der Waals surface area contributed by atoms with Crippen LogP contribution in [0.15, 0.2) is 28.3 Å². The average molecular weight is 300 g/mol. The molecule has 16 heavy (non-hydrogen) atoms. The number of nitrogens with one attached hydrogen (secondary N) is 1. The normalized spacial score (nSPS) is 11.0. The van der Waals surface area contributed by atoms with Crippen molar-refractivity contribution in [2.45, 2.75) is 26.4 Å². The molecule has 0 radical (unpaired) electrons. The van der Waals surface area contributed by atoms with Crippen molar-refractivity contribution < 1.29 is 0 Å². The van der Waals surface area contributed by atoms with Crippen LogP contribution in [0.25, 0.3) is 0 Å². The summed E-state index contributed by atoms with van der Waals surface area (Å²) in [5.41, 5.74) is 0. The second-order valence-corrected chi connectivity index (χ2v) is 6.36. The van der Waals surface area contributed by atoms with E-state index >= 15 is 0 Å². The van der Waals surface area contributed by atoms with Crippen molar-refractivity contribution in [1.82, 2.24) is 9.55 Å². The highest BCUT2D eigenvalue weighted by Crippen LogP contribution is 2.23. The van der Waals surface area contributed by atoms with Crippen molar-refractivity contribution in [2.24, 2.45) is 0 Å². The highest BCUT2D eigenvalue weighted by Gasteiger charge is 2.05. The van der Waals surface area contributed by atoms with Gasteiger partial charge in [-0.1, -0.05) is 0 Å². The number of thiophene rings is 1. The lowest BCUT2D eigenvalue weighted by Gasteiger charge is -2.11. The fourth-order valence-corrected chi connectivity index (χ4v) is 2.90. The van der Waals surface area contributed by atoms with Gasteiger partial charge in [0.15, 0.2) is 0 Å². The van der Waals surface area contributed by atoms with E-state index in [0.717, 1.165) is 16.3 Å². The Balaban J connectivity index is 2.02. The maximum absolute atomic E-state index is 4.30. The molecule has 0 aliphatic rings. The molecule has 0 aromatic carbocycles. The quantitative estimate of drug-likeness (QED) is 0.928. The summed E-state index contributed by atoms with van der Waals surface area (Å²) in [6.45, 7) is 5.11. The van der Waals surface area contributed by atoms with Crippen molar-refractivity contribution in [1.29, 1.82) is 0 Å². The topological polar surface area (TPSA) is 29.9 Å². The number of imidazole rings is 1. The highest BCUT2D eigenvalue weighted by molar-refractivity contribution is 9.11. The second-order valence-electron chi connectivity index (χ2n) is 3.81. The van der Waals surface area contributed by atoms with Gasteiger partial charge in [-0.2, -0.15) is 0 Å². The van der Waals surface area contributed by atoms with Gasteiger partial charge in [0.2, 0.25) is 5.95 Å². The van der Waals surface area contributed by atoms with Crippen LogP contribution in [0.3, 0.4) is 0 Å². The van der Waals surface area contributed by atoms with E-state index in [4.69, 9.17) is 0 Å².